The molecule has 4 amide bonds. The second kappa shape index (κ2) is 7.01. The van der Waals surface area contributed by atoms with Crippen LogP contribution in [0, 0.1) is 0 Å². The standard InChI is InChI=1S/C21H14N4O4/c22-18(26)12-4-1-6-14(10-12)24-19(27)13-5-2-7-15(11-13)25-20(28)16-8-3-9-23-17(16)21(25)29/h1-11H,(H2,22,26)(H,24,27). The smallest absolute Gasteiger partial charge is 0.284 e. The van der Waals surface area contributed by atoms with Gasteiger partial charge in [0.1, 0.15) is 5.69 Å². The molecule has 4 rings (SSSR count). The van der Waals surface area contributed by atoms with Crippen LogP contribution in [-0.4, -0.2) is 28.6 Å². The van der Waals surface area contributed by atoms with Crippen molar-refractivity contribution in [2.45, 2.75) is 0 Å². The normalized spacial score (nSPS) is 12.6. The van der Waals surface area contributed by atoms with Gasteiger partial charge in [-0.1, -0.05) is 12.1 Å². The van der Waals surface area contributed by atoms with E-state index in [-0.39, 0.29) is 28.1 Å². The van der Waals surface area contributed by atoms with E-state index in [2.05, 4.69) is 10.3 Å². The molecule has 142 valence electrons. The number of primary amides is 1. The minimum atomic E-state index is -0.609. The van der Waals surface area contributed by atoms with Crippen LogP contribution in [0.3, 0.4) is 0 Å². The molecule has 0 spiro atoms. The van der Waals surface area contributed by atoms with Gasteiger partial charge in [-0.3, -0.25) is 24.2 Å². The summed E-state index contributed by atoms with van der Waals surface area (Å²) in [5.41, 5.74) is 6.69. The summed E-state index contributed by atoms with van der Waals surface area (Å²) < 4.78 is 0. The number of amides is 4. The van der Waals surface area contributed by atoms with E-state index in [0.29, 0.717) is 5.69 Å². The fourth-order valence-corrected chi connectivity index (χ4v) is 3.04. The second-order valence-corrected chi connectivity index (χ2v) is 6.29. The largest absolute Gasteiger partial charge is 0.366 e. The number of pyridine rings is 1. The lowest BCUT2D eigenvalue weighted by Gasteiger charge is -2.15. The van der Waals surface area contributed by atoms with Crippen LogP contribution in [0.1, 0.15) is 41.6 Å². The van der Waals surface area contributed by atoms with Crippen LogP contribution in [0.4, 0.5) is 11.4 Å². The summed E-state index contributed by atoms with van der Waals surface area (Å²) in [7, 11) is 0. The van der Waals surface area contributed by atoms with Crippen molar-refractivity contribution in [2.75, 3.05) is 10.2 Å². The Morgan fingerprint density at radius 2 is 1.66 bits per heavy atom. The molecule has 3 aromatic rings. The lowest BCUT2D eigenvalue weighted by Crippen LogP contribution is -2.29. The lowest BCUT2D eigenvalue weighted by atomic mass is 10.1. The molecule has 0 aliphatic carbocycles. The molecular formula is C21H14N4O4. The number of hydrogen-bond acceptors (Lipinski definition) is 5. The zero-order valence-corrected chi connectivity index (χ0v) is 15.0. The van der Waals surface area contributed by atoms with Crippen molar-refractivity contribution in [3.63, 3.8) is 0 Å². The van der Waals surface area contributed by atoms with Crippen molar-refractivity contribution in [3.05, 3.63) is 89.2 Å². The van der Waals surface area contributed by atoms with E-state index in [1.54, 1.807) is 36.4 Å². The quantitative estimate of drug-likeness (QED) is 0.666. The number of rotatable bonds is 4. The van der Waals surface area contributed by atoms with Crippen molar-refractivity contribution < 1.29 is 19.2 Å². The van der Waals surface area contributed by atoms with Crippen LogP contribution in [0.5, 0.6) is 0 Å². The first kappa shape index (κ1) is 18.1. The number of carbonyl (C=O) groups is 4. The number of hydrogen-bond donors (Lipinski definition) is 2. The molecule has 0 atom stereocenters. The minimum Gasteiger partial charge on any atom is -0.366 e. The van der Waals surface area contributed by atoms with Gasteiger partial charge < -0.3 is 11.1 Å². The maximum absolute atomic E-state index is 12.6. The van der Waals surface area contributed by atoms with Gasteiger partial charge in [0.2, 0.25) is 5.91 Å². The Morgan fingerprint density at radius 1 is 0.897 bits per heavy atom. The van der Waals surface area contributed by atoms with E-state index in [0.717, 1.165) is 4.90 Å². The number of nitrogens with zero attached hydrogens (tertiary/aromatic N) is 2. The Bertz CT molecular complexity index is 1150. The van der Waals surface area contributed by atoms with Gasteiger partial charge in [-0.05, 0) is 48.5 Å². The molecule has 0 saturated carbocycles. The fraction of sp³-hybridized carbons (Fsp3) is 0. The van der Waals surface area contributed by atoms with Gasteiger partial charge in [-0.15, -0.1) is 0 Å². The van der Waals surface area contributed by atoms with E-state index in [9.17, 15) is 19.2 Å². The Morgan fingerprint density at radius 3 is 2.41 bits per heavy atom. The van der Waals surface area contributed by atoms with Gasteiger partial charge in [0, 0.05) is 23.0 Å². The molecule has 1 aliphatic heterocycles. The molecule has 1 aliphatic rings. The number of fused-ring (bicyclic) bond motifs is 1. The Hall–Kier alpha value is -4.33. The molecular weight excluding hydrogens is 372 g/mol. The van der Waals surface area contributed by atoms with Crippen LogP contribution < -0.4 is 16.0 Å². The van der Waals surface area contributed by atoms with E-state index in [4.69, 9.17) is 5.73 Å². The molecule has 8 nitrogen and oxygen atoms in total. The molecule has 0 fully saturated rings. The van der Waals surface area contributed by atoms with Gasteiger partial charge in [0.05, 0.1) is 11.3 Å². The Labute approximate surface area is 165 Å². The third-order valence-corrected chi connectivity index (χ3v) is 4.42. The van der Waals surface area contributed by atoms with Gasteiger partial charge in [0.15, 0.2) is 0 Å². The SMILES string of the molecule is NC(=O)c1cccc(NC(=O)c2cccc(N3C(=O)c4cccnc4C3=O)c2)c1. The second-order valence-electron chi connectivity index (χ2n) is 6.29. The van der Waals surface area contributed by atoms with E-state index < -0.39 is 23.6 Å². The molecule has 29 heavy (non-hydrogen) atoms. The summed E-state index contributed by atoms with van der Waals surface area (Å²) in [5, 5.41) is 2.66. The predicted octanol–water partition coefficient (Wildman–Crippen LogP) is 2.23. The number of carbonyl (C=O) groups excluding carboxylic acids is 4. The van der Waals surface area contributed by atoms with Crippen molar-refractivity contribution in [3.8, 4) is 0 Å². The van der Waals surface area contributed by atoms with Crippen molar-refractivity contribution in [1.82, 2.24) is 4.98 Å². The van der Waals surface area contributed by atoms with Crippen molar-refractivity contribution >= 4 is 35.0 Å². The maximum Gasteiger partial charge on any atom is 0.284 e. The van der Waals surface area contributed by atoms with Gasteiger partial charge in [0.25, 0.3) is 17.7 Å². The molecule has 0 radical (unpaired) electrons. The molecule has 3 N–H and O–H groups in total. The molecule has 0 unspecified atom stereocenters. The highest BCUT2D eigenvalue weighted by Gasteiger charge is 2.37. The predicted molar refractivity (Wildman–Crippen MR) is 105 cm³/mol. The van der Waals surface area contributed by atoms with E-state index in [1.165, 1.54) is 30.5 Å². The highest BCUT2D eigenvalue weighted by atomic mass is 16.2. The monoisotopic (exact) mass is 386 g/mol. The number of anilines is 2. The number of aromatic nitrogens is 1. The first-order valence-corrected chi connectivity index (χ1v) is 8.61. The van der Waals surface area contributed by atoms with Crippen LogP contribution in [0.25, 0.3) is 0 Å². The van der Waals surface area contributed by atoms with Gasteiger partial charge in [-0.2, -0.15) is 0 Å². The average Bonchev–Trinajstić information content (AvgIpc) is 2.99. The summed E-state index contributed by atoms with van der Waals surface area (Å²) in [6, 6.07) is 15.4. The van der Waals surface area contributed by atoms with E-state index in [1.807, 2.05) is 0 Å². The number of nitrogens with one attached hydrogen (secondary N) is 1. The number of nitrogens with two attached hydrogens (primary N) is 1. The highest BCUT2D eigenvalue weighted by Crippen LogP contribution is 2.27. The van der Waals surface area contributed by atoms with Crippen molar-refractivity contribution in [2.24, 2.45) is 5.73 Å². The molecule has 1 aromatic heterocycles. The highest BCUT2D eigenvalue weighted by molar-refractivity contribution is 6.33. The summed E-state index contributed by atoms with van der Waals surface area (Å²) in [6.45, 7) is 0. The molecule has 0 bridgehead atoms. The molecule has 8 heteroatoms. The van der Waals surface area contributed by atoms with Gasteiger partial charge in [-0.25, -0.2) is 4.90 Å². The first-order chi connectivity index (χ1) is 14.0. The number of benzene rings is 2. The Kier molecular flexibility index (Phi) is 4.36. The summed E-state index contributed by atoms with van der Waals surface area (Å²) in [6.07, 6.45) is 1.44. The molecule has 0 saturated heterocycles. The zero-order chi connectivity index (χ0) is 20.5. The number of imide groups is 1. The van der Waals surface area contributed by atoms with Gasteiger partial charge >= 0.3 is 0 Å². The first-order valence-electron chi connectivity index (χ1n) is 8.61. The fourth-order valence-electron chi connectivity index (χ4n) is 3.04. The van der Waals surface area contributed by atoms with Crippen LogP contribution in [0.15, 0.2) is 66.9 Å². The lowest BCUT2D eigenvalue weighted by molar-refractivity contribution is 0.0921. The zero-order valence-electron chi connectivity index (χ0n) is 15.0. The summed E-state index contributed by atoms with van der Waals surface area (Å²) in [4.78, 5) is 54.0. The molecule has 2 aromatic carbocycles. The third-order valence-electron chi connectivity index (χ3n) is 4.42. The molecule has 2 heterocycles. The average molecular weight is 386 g/mol. The van der Waals surface area contributed by atoms with Crippen molar-refractivity contribution in [1.29, 1.82) is 0 Å². The minimum absolute atomic E-state index is 0.0793. The van der Waals surface area contributed by atoms with Crippen LogP contribution in [0.2, 0.25) is 0 Å². The summed E-state index contributed by atoms with van der Waals surface area (Å²) in [5.74, 6) is -2.12. The van der Waals surface area contributed by atoms with E-state index >= 15 is 0 Å². The van der Waals surface area contributed by atoms with Crippen LogP contribution in [-0.2, 0) is 0 Å². The third kappa shape index (κ3) is 3.23. The summed E-state index contributed by atoms with van der Waals surface area (Å²) >= 11 is 0. The maximum atomic E-state index is 12.6. The van der Waals surface area contributed by atoms with Crippen LogP contribution >= 0.6 is 0 Å². The topological polar surface area (TPSA) is 122 Å². The Balaban J connectivity index is 1.61.